The summed E-state index contributed by atoms with van der Waals surface area (Å²) in [5.74, 6) is -0.642. The number of nitrogens with one attached hydrogen (secondary N) is 1. The average molecular weight is 374 g/mol. The minimum Gasteiger partial charge on any atom is -0.393 e. The smallest absolute Gasteiger partial charge is 0.240 e. The van der Waals surface area contributed by atoms with Crippen molar-refractivity contribution in [3.05, 3.63) is 53.8 Å². The molecule has 0 saturated heterocycles. The van der Waals surface area contributed by atoms with Gasteiger partial charge in [-0.3, -0.25) is 0 Å². The molecule has 0 heterocycles. The van der Waals surface area contributed by atoms with Crippen LogP contribution in [-0.4, -0.2) is 25.7 Å². The third-order valence-corrected chi connectivity index (χ3v) is 6.11. The summed E-state index contributed by atoms with van der Waals surface area (Å²) in [5, 5.41) is 18.3. The van der Waals surface area contributed by atoms with Crippen molar-refractivity contribution in [2.24, 2.45) is 0 Å². The van der Waals surface area contributed by atoms with Crippen molar-refractivity contribution in [2.75, 3.05) is 0 Å². The number of aliphatic hydroxyl groups excluding tert-OH is 1. The van der Waals surface area contributed by atoms with Gasteiger partial charge in [-0.2, -0.15) is 5.26 Å². The summed E-state index contributed by atoms with van der Waals surface area (Å²) in [7, 11) is -3.82. The zero-order chi connectivity index (χ0) is 18.7. The fraction of sp³-hybridized carbons (Fsp3) is 0.316. The molecular formula is C19H19FN2O3S. The quantitative estimate of drug-likeness (QED) is 0.861. The second-order valence-electron chi connectivity index (χ2n) is 6.46. The van der Waals surface area contributed by atoms with Crippen LogP contribution in [0.1, 0.15) is 31.2 Å². The maximum atomic E-state index is 14.5. The van der Waals surface area contributed by atoms with E-state index < -0.39 is 15.8 Å². The van der Waals surface area contributed by atoms with Crippen molar-refractivity contribution in [1.82, 2.24) is 4.72 Å². The third-order valence-electron chi connectivity index (χ3n) is 4.59. The molecule has 3 rings (SSSR count). The molecule has 1 aliphatic rings. The number of benzene rings is 2. The summed E-state index contributed by atoms with van der Waals surface area (Å²) in [5.41, 5.74) is 1.31. The first-order valence-electron chi connectivity index (χ1n) is 8.39. The van der Waals surface area contributed by atoms with Crippen LogP contribution in [0.25, 0.3) is 11.1 Å². The second kappa shape index (κ2) is 7.54. The standard InChI is InChI=1S/C19H19FN2O3S/c20-19-11-17(26(24,25)22-15-5-7-16(23)8-6-15)9-10-18(19)14-3-1-13(12-21)2-4-14/h1-4,9-11,15-16,22-23H,5-8H2. The minimum absolute atomic E-state index is 0.126. The van der Waals surface area contributed by atoms with Crippen LogP contribution in [0, 0.1) is 17.1 Å². The first-order chi connectivity index (χ1) is 12.4. The maximum absolute atomic E-state index is 14.5. The highest BCUT2D eigenvalue weighted by molar-refractivity contribution is 7.89. The van der Waals surface area contributed by atoms with Crippen molar-refractivity contribution >= 4 is 10.0 Å². The van der Waals surface area contributed by atoms with Crippen LogP contribution in [-0.2, 0) is 10.0 Å². The lowest BCUT2D eigenvalue weighted by molar-refractivity contribution is 0.120. The highest BCUT2D eigenvalue weighted by Crippen LogP contribution is 2.26. The molecule has 2 aromatic rings. The molecule has 0 bridgehead atoms. The Bertz CT molecular complexity index is 928. The van der Waals surface area contributed by atoms with Gasteiger partial charge in [-0.25, -0.2) is 17.5 Å². The van der Waals surface area contributed by atoms with Gasteiger partial charge >= 0.3 is 0 Å². The molecule has 0 unspecified atom stereocenters. The Balaban J connectivity index is 1.80. The summed E-state index contributed by atoms with van der Waals surface area (Å²) in [4.78, 5) is -0.126. The largest absolute Gasteiger partial charge is 0.393 e. The van der Waals surface area contributed by atoms with Crippen molar-refractivity contribution in [1.29, 1.82) is 5.26 Å². The lowest BCUT2D eigenvalue weighted by Crippen LogP contribution is -2.38. The third kappa shape index (κ3) is 4.10. The Morgan fingerprint density at radius 2 is 1.73 bits per heavy atom. The molecule has 2 N–H and O–H groups in total. The number of nitrogens with zero attached hydrogens (tertiary/aromatic N) is 1. The van der Waals surface area contributed by atoms with E-state index in [9.17, 15) is 17.9 Å². The fourth-order valence-corrected chi connectivity index (χ4v) is 4.42. The van der Waals surface area contributed by atoms with Gasteiger partial charge in [0.2, 0.25) is 10.0 Å². The topological polar surface area (TPSA) is 90.2 Å². The number of hydrogen-bond acceptors (Lipinski definition) is 4. The molecule has 0 amide bonds. The van der Waals surface area contributed by atoms with Gasteiger partial charge in [0, 0.05) is 11.6 Å². The molecule has 1 saturated carbocycles. The van der Waals surface area contributed by atoms with Gasteiger partial charge < -0.3 is 5.11 Å². The van der Waals surface area contributed by atoms with Gasteiger partial charge in [0.05, 0.1) is 22.6 Å². The maximum Gasteiger partial charge on any atom is 0.240 e. The Kier molecular flexibility index (Phi) is 5.37. The van der Waals surface area contributed by atoms with Crippen molar-refractivity contribution in [3.63, 3.8) is 0 Å². The van der Waals surface area contributed by atoms with E-state index in [0.29, 0.717) is 36.8 Å². The van der Waals surface area contributed by atoms with Crippen LogP contribution >= 0.6 is 0 Å². The van der Waals surface area contributed by atoms with Gasteiger partial charge in [-0.15, -0.1) is 0 Å². The highest BCUT2D eigenvalue weighted by Gasteiger charge is 2.25. The van der Waals surface area contributed by atoms with E-state index in [0.717, 1.165) is 6.07 Å². The lowest BCUT2D eigenvalue weighted by atomic mass is 9.94. The molecule has 0 radical (unpaired) electrons. The first kappa shape index (κ1) is 18.5. The fourth-order valence-electron chi connectivity index (χ4n) is 3.10. The van der Waals surface area contributed by atoms with Crippen LogP contribution in [0.15, 0.2) is 47.4 Å². The average Bonchev–Trinajstić information content (AvgIpc) is 2.63. The molecule has 0 spiro atoms. The van der Waals surface area contributed by atoms with Crippen molar-refractivity contribution in [2.45, 2.75) is 42.7 Å². The zero-order valence-corrected chi connectivity index (χ0v) is 14.8. The molecule has 5 nitrogen and oxygen atoms in total. The van der Waals surface area contributed by atoms with Crippen LogP contribution in [0.5, 0.6) is 0 Å². The van der Waals surface area contributed by atoms with Crippen molar-refractivity contribution < 1.29 is 17.9 Å². The van der Waals surface area contributed by atoms with Gasteiger partial charge in [0.25, 0.3) is 0 Å². The summed E-state index contributed by atoms with van der Waals surface area (Å²) in [6.07, 6.45) is 1.86. The van der Waals surface area contributed by atoms with E-state index in [2.05, 4.69) is 4.72 Å². The van der Waals surface area contributed by atoms with E-state index in [1.165, 1.54) is 12.1 Å². The van der Waals surface area contributed by atoms with E-state index in [4.69, 9.17) is 5.26 Å². The molecule has 136 valence electrons. The van der Waals surface area contributed by atoms with E-state index in [1.807, 2.05) is 6.07 Å². The highest BCUT2D eigenvalue weighted by atomic mass is 32.2. The molecular weight excluding hydrogens is 355 g/mol. The summed E-state index contributed by atoms with van der Waals surface area (Å²) in [6, 6.07) is 12.0. The monoisotopic (exact) mass is 374 g/mol. The van der Waals surface area contributed by atoms with Crippen LogP contribution in [0.2, 0.25) is 0 Å². The van der Waals surface area contributed by atoms with Crippen LogP contribution in [0.4, 0.5) is 4.39 Å². The number of aliphatic hydroxyl groups is 1. The summed E-state index contributed by atoms with van der Waals surface area (Å²) >= 11 is 0. The Labute approximate surface area is 152 Å². The van der Waals surface area contributed by atoms with Gasteiger partial charge in [0.1, 0.15) is 5.82 Å². The van der Waals surface area contributed by atoms with Crippen LogP contribution in [0.3, 0.4) is 0 Å². The molecule has 26 heavy (non-hydrogen) atoms. The predicted molar refractivity (Wildman–Crippen MR) is 95.1 cm³/mol. The lowest BCUT2D eigenvalue weighted by Gasteiger charge is -2.26. The molecule has 0 atom stereocenters. The Morgan fingerprint density at radius 3 is 2.31 bits per heavy atom. The summed E-state index contributed by atoms with van der Waals surface area (Å²) in [6.45, 7) is 0. The normalized spacial score (nSPS) is 20.5. The molecule has 0 aromatic heterocycles. The molecule has 7 heteroatoms. The number of rotatable bonds is 4. The molecule has 2 aromatic carbocycles. The number of halogens is 1. The summed E-state index contributed by atoms with van der Waals surface area (Å²) < 4.78 is 42.1. The van der Waals surface area contributed by atoms with Crippen LogP contribution < -0.4 is 4.72 Å². The Hall–Kier alpha value is -2.27. The molecule has 1 fully saturated rings. The number of hydrogen-bond donors (Lipinski definition) is 2. The second-order valence-corrected chi connectivity index (χ2v) is 8.17. The number of sulfonamides is 1. The predicted octanol–water partition coefficient (Wildman–Crippen LogP) is 2.95. The first-order valence-corrected chi connectivity index (χ1v) is 9.88. The SMILES string of the molecule is N#Cc1ccc(-c2ccc(S(=O)(=O)NC3CCC(O)CC3)cc2F)cc1. The molecule has 0 aliphatic heterocycles. The van der Waals surface area contributed by atoms with Crippen molar-refractivity contribution in [3.8, 4) is 17.2 Å². The molecule has 1 aliphatic carbocycles. The van der Waals surface area contributed by atoms with Gasteiger partial charge in [-0.05, 0) is 55.5 Å². The van der Waals surface area contributed by atoms with E-state index in [-0.39, 0.29) is 22.6 Å². The number of nitriles is 1. The minimum atomic E-state index is -3.82. The van der Waals surface area contributed by atoms with E-state index in [1.54, 1.807) is 24.3 Å². The Morgan fingerprint density at radius 1 is 1.08 bits per heavy atom. The van der Waals surface area contributed by atoms with E-state index >= 15 is 0 Å². The zero-order valence-electron chi connectivity index (χ0n) is 14.0. The van der Waals surface area contributed by atoms with Gasteiger partial charge in [-0.1, -0.05) is 18.2 Å². The van der Waals surface area contributed by atoms with Gasteiger partial charge in [0.15, 0.2) is 0 Å².